The molecular weight excluding hydrogens is 258 g/mol. The maximum atomic E-state index is 11.5. The van der Waals surface area contributed by atoms with E-state index in [1.54, 1.807) is 0 Å². The van der Waals surface area contributed by atoms with Gasteiger partial charge in [-0.2, -0.15) is 0 Å². The topological polar surface area (TPSA) is 56.8 Å². The summed E-state index contributed by atoms with van der Waals surface area (Å²) in [6.45, 7) is 7.38. The molecule has 5 nitrogen and oxygen atoms in total. The van der Waals surface area contributed by atoms with Crippen molar-refractivity contribution in [2.75, 3.05) is 13.2 Å². The van der Waals surface area contributed by atoms with Crippen LogP contribution in [0.1, 0.15) is 59.3 Å². The standard InChI is InChI=1S/C15H29NO4/c1-4-8-13-11-12(16-15(17)20-13)9-7-10-14(18-5-2)19-6-3/h12-14H,4-11H2,1-3H3,(H,16,17)/t12-,13+/m0/s1. The molecule has 0 radical (unpaired) electrons. The van der Waals surface area contributed by atoms with E-state index in [4.69, 9.17) is 14.2 Å². The number of cyclic esters (lactones) is 1. The van der Waals surface area contributed by atoms with E-state index in [0.29, 0.717) is 13.2 Å². The van der Waals surface area contributed by atoms with Crippen LogP contribution in [0.2, 0.25) is 0 Å². The van der Waals surface area contributed by atoms with Gasteiger partial charge in [-0.3, -0.25) is 0 Å². The van der Waals surface area contributed by atoms with Crippen molar-refractivity contribution in [1.29, 1.82) is 0 Å². The summed E-state index contributed by atoms with van der Waals surface area (Å²) in [6.07, 6.45) is 5.39. The highest BCUT2D eigenvalue weighted by atomic mass is 16.7. The van der Waals surface area contributed by atoms with E-state index in [1.165, 1.54) is 0 Å². The minimum absolute atomic E-state index is 0.0772. The summed E-state index contributed by atoms with van der Waals surface area (Å²) in [4.78, 5) is 11.5. The van der Waals surface area contributed by atoms with Crippen LogP contribution in [-0.4, -0.2) is 37.7 Å². The summed E-state index contributed by atoms with van der Waals surface area (Å²) >= 11 is 0. The third-order valence-electron chi connectivity index (χ3n) is 3.45. The molecule has 0 aliphatic carbocycles. The number of carbonyl (C=O) groups excluding carboxylic acids is 1. The number of nitrogens with one attached hydrogen (secondary N) is 1. The predicted octanol–water partition coefficient (Wildman–Crippen LogP) is 3.22. The first kappa shape index (κ1) is 17.2. The zero-order valence-corrected chi connectivity index (χ0v) is 13.0. The third-order valence-corrected chi connectivity index (χ3v) is 3.45. The van der Waals surface area contributed by atoms with E-state index in [-0.39, 0.29) is 24.5 Å². The van der Waals surface area contributed by atoms with E-state index >= 15 is 0 Å². The Morgan fingerprint density at radius 3 is 2.55 bits per heavy atom. The monoisotopic (exact) mass is 287 g/mol. The molecule has 1 rings (SSSR count). The maximum absolute atomic E-state index is 11.5. The van der Waals surface area contributed by atoms with Gasteiger partial charge in [-0.25, -0.2) is 4.79 Å². The van der Waals surface area contributed by atoms with Crippen LogP contribution in [-0.2, 0) is 14.2 Å². The molecule has 2 atom stereocenters. The molecule has 1 N–H and O–H groups in total. The highest BCUT2D eigenvalue weighted by Gasteiger charge is 2.26. The van der Waals surface area contributed by atoms with Crippen LogP contribution in [0.25, 0.3) is 0 Å². The molecule has 1 saturated heterocycles. The molecule has 5 heteroatoms. The van der Waals surface area contributed by atoms with Gasteiger partial charge in [0.2, 0.25) is 0 Å². The number of rotatable bonds is 10. The van der Waals surface area contributed by atoms with Crippen molar-refractivity contribution in [2.45, 2.75) is 77.7 Å². The molecule has 0 aromatic heterocycles. The Hall–Kier alpha value is -0.810. The lowest BCUT2D eigenvalue weighted by Crippen LogP contribution is -2.45. The second kappa shape index (κ2) is 10.00. The van der Waals surface area contributed by atoms with E-state index < -0.39 is 0 Å². The minimum Gasteiger partial charge on any atom is -0.446 e. The number of alkyl carbamates (subject to hydrolysis) is 1. The highest BCUT2D eigenvalue weighted by molar-refractivity contribution is 5.68. The molecule has 0 bridgehead atoms. The van der Waals surface area contributed by atoms with Gasteiger partial charge in [0, 0.05) is 25.7 Å². The van der Waals surface area contributed by atoms with Gasteiger partial charge in [0.15, 0.2) is 6.29 Å². The molecule has 0 aromatic carbocycles. The summed E-state index contributed by atoms with van der Waals surface area (Å²) in [7, 11) is 0. The van der Waals surface area contributed by atoms with Crippen LogP contribution in [0.3, 0.4) is 0 Å². The van der Waals surface area contributed by atoms with E-state index in [9.17, 15) is 4.79 Å². The Kier molecular flexibility index (Phi) is 8.62. The van der Waals surface area contributed by atoms with E-state index in [1.807, 2.05) is 13.8 Å². The average Bonchev–Trinajstić information content (AvgIpc) is 2.39. The van der Waals surface area contributed by atoms with Crippen LogP contribution >= 0.6 is 0 Å². The summed E-state index contributed by atoms with van der Waals surface area (Å²) < 4.78 is 16.3. The largest absolute Gasteiger partial charge is 0.446 e. The molecule has 20 heavy (non-hydrogen) atoms. The maximum Gasteiger partial charge on any atom is 0.407 e. The van der Waals surface area contributed by atoms with Crippen molar-refractivity contribution in [3.63, 3.8) is 0 Å². The highest BCUT2D eigenvalue weighted by Crippen LogP contribution is 2.19. The van der Waals surface area contributed by atoms with Gasteiger partial charge < -0.3 is 19.5 Å². The molecule has 1 amide bonds. The van der Waals surface area contributed by atoms with Crippen molar-refractivity contribution in [2.24, 2.45) is 0 Å². The Bertz CT molecular complexity index is 267. The Balaban J connectivity index is 2.27. The molecule has 0 saturated carbocycles. The SMILES string of the molecule is CCC[C@@H]1C[C@H](CCCC(OCC)OCC)NC(=O)O1. The fourth-order valence-electron chi connectivity index (χ4n) is 2.58. The summed E-state index contributed by atoms with van der Waals surface area (Å²) in [5, 5.41) is 2.90. The van der Waals surface area contributed by atoms with Crippen molar-refractivity contribution in [3.8, 4) is 0 Å². The molecule has 0 unspecified atom stereocenters. The van der Waals surface area contributed by atoms with Crippen LogP contribution in [0.5, 0.6) is 0 Å². The van der Waals surface area contributed by atoms with Crippen molar-refractivity contribution >= 4 is 6.09 Å². The first-order valence-corrected chi connectivity index (χ1v) is 7.89. The summed E-state index contributed by atoms with van der Waals surface area (Å²) in [6, 6.07) is 0.219. The molecule has 1 aliphatic rings. The second-order valence-corrected chi connectivity index (χ2v) is 5.16. The van der Waals surface area contributed by atoms with Crippen LogP contribution in [0.15, 0.2) is 0 Å². The van der Waals surface area contributed by atoms with Crippen molar-refractivity contribution < 1.29 is 19.0 Å². The first-order valence-electron chi connectivity index (χ1n) is 7.89. The van der Waals surface area contributed by atoms with Gasteiger partial charge >= 0.3 is 6.09 Å². The van der Waals surface area contributed by atoms with Crippen LogP contribution < -0.4 is 5.32 Å². The fraction of sp³-hybridized carbons (Fsp3) is 0.933. The lowest BCUT2D eigenvalue weighted by atomic mass is 9.99. The van der Waals surface area contributed by atoms with Crippen LogP contribution in [0, 0.1) is 0 Å². The minimum atomic E-state index is -0.272. The number of hydrogen-bond donors (Lipinski definition) is 1. The average molecular weight is 287 g/mol. The van der Waals surface area contributed by atoms with Gasteiger partial charge in [-0.1, -0.05) is 13.3 Å². The molecule has 0 aromatic rings. The lowest BCUT2D eigenvalue weighted by molar-refractivity contribution is -0.140. The zero-order chi connectivity index (χ0) is 14.8. The molecule has 1 fully saturated rings. The third kappa shape index (κ3) is 6.57. The Morgan fingerprint density at radius 2 is 1.95 bits per heavy atom. The van der Waals surface area contributed by atoms with Gasteiger partial charge in [-0.05, 0) is 39.5 Å². The van der Waals surface area contributed by atoms with Gasteiger partial charge in [0.05, 0.1) is 0 Å². The second-order valence-electron chi connectivity index (χ2n) is 5.16. The first-order chi connectivity index (χ1) is 9.69. The van der Waals surface area contributed by atoms with Crippen LogP contribution in [0.4, 0.5) is 4.79 Å². The van der Waals surface area contributed by atoms with E-state index in [2.05, 4.69) is 12.2 Å². The summed E-state index contributed by atoms with van der Waals surface area (Å²) in [5.74, 6) is 0. The van der Waals surface area contributed by atoms with Crippen molar-refractivity contribution in [1.82, 2.24) is 5.32 Å². The smallest absolute Gasteiger partial charge is 0.407 e. The van der Waals surface area contributed by atoms with Gasteiger partial charge in [0.1, 0.15) is 6.10 Å². The number of hydrogen-bond acceptors (Lipinski definition) is 4. The van der Waals surface area contributed by atoms with Gasteiger partial charge in [0.25, 0.3) is 0 Å². The normalized spacial score (nSPS) is 22.7. The van der Waals surface area contributed by atoms with E-state index in [0.717, 1.165) is 38.5 Å². The quantitative estimate of drug-likeness (QED) is 0.627. The number of ether oxygens (including phenoxy) is 3. The lowest BCUT2D eigenvalue weighted by Gasteiger charge is -2.30. The number of amides is 1. The Morgan fingerprint density at radius 1 is 1.25 bits per heavy atom. The molecule has 1 heterocycles. The molecule has 118 valence electrons. The summed E-state index contributed by atoms with van der Waals surface area (Å²) in [5.41, 5.74) is 0. The Labute approximate surface area is 122 Å². The van der Waals surface area contributed by atoms with Crippen molar-refractivity contribution in [3.05, 3.63) is 0 Å². The number of carbonyl (C=O) groups is 1. The zero-order valence-electron chi connectivity index (χ0n) is 13.0. The molecular formula is C15H29NO4. The van der Waals surface area contributed by atoms with Gasteiger partial charge in [-0.15, -0.1) is 0 Å². The fourth-order valence-corrected chi connectivity index (χ4v) is 2.58. The molecule has 1 aliphatic heterocycles. The molecule has 0 spiro atoms. The predicted molar refractivity (Wildman–Crippen MR) is 77.6 cm³/mol.